The van der Waals surface area contributed by atoms with Crippen molar-refractivity contribution in [3.63, 3.8) is 0 Å². The third-order valence-electron chi connectivity index (χ3n) is 6.50. The Labute approximate surface area is 248 Å². The maximum atomic E-state index is 13.1. The summed E-state index contributed by atoms with van der Waals surface area (Å²) in [4.78, 5) is 29.6. The summed E-state index contributed by atoms with van der Waals surface area (Å²) in [5.74, 6) is 0.670. The summed E-state index contributed by atoms with van der Waals surface area (Å²) >= 11 is 0. The molecule has 1 aliphatic rings. The van der Waals surface area contributed by atoms with Gasteiger partial charge in [-0.15, -0.1) is 0 Å². The van der Waals surface area contributed by atoms with Crippen LogP contribution >= 0.6 is 0 Å². The van der Waals surface area contributed by atoms with Crippen LogP contribution in [-0.2, 0) is 11.3 Å². The zero-order chi connectivity index (χ0) is 31.1. The molecule has 43 heavy (non-hydrogen) atoms. The van der Waals surface area contributed by atoms with Crippen LogP contribution < -0.4 is 25.3 Å². The van der Waals surface area contributed by atoms with Gasteiger partial charge in [0.15, 0.2) is 23.4 Å². The molecule has 0 spiro atoms. The van der Waals surface area contributed by atoms with Crippen LogP contribution in [0.2, 0.25) is 0 Å². The second-order valence-corrected chi connectivity index (χ2v) is 11.4. The minimum Gasteiger partial charge on any atom is -0.493 e. The fraction of sp³-hybridized carbons (Fsp3) is 0.452. The van der Waals surface area contributed by atoms with Gasteiger partial charge < -0.3 is 34.4 Å². The molecule has 12 heteroatoms. The average molecular weight is 602 g/mol. The van der Waals surface area contributed by atoms with Crippen LogP contribution in [0, 0.1) is 11.3 Å². The highest BCUT2D eigenvalue weighted by molar-refractivity contribution is 5.96. The fourth-order valence-corrected chi connectivity index (χ4v) is 4.38. The second kappa shape index (κ2) is 13.7. The van der Waals surface area contributed by atoms with Crippen molar-refractivity contribution in [2.75, 3.05) is 13.2 Å². The summed E-state index contributed by atoms with van der Waals surface area (Å²) in [6, 6.07) is 11.2. The number of nitrogens with one attached hydrogen (secondary N) is 1. The number of benzene rings is 2. The van der Waals surface area contributed by atoms with Gasteiger partial charge in [0.2, 0.25) is 5.89 Å². The number of nitrogens with zero attached hydrogens (tertiary/aromatic N) is 1. The van der Waals surface area contributed by atoms with E-state index in [1.54, 1.807) is 24.3 Å². The number of alkyl halides is 2. The number of carbonyl (C=O) groups is 2. The summed E-state index contributed by atoms with van der Waals surface area (Å²) in [5.41, 5.74) is 6.12. The van der Waals surface area contributed by atoms with E-state index >= 15 is 0 Å². The number of hydrogen-bond acceptors (Lipinski definition) is 8. The Bertz CT molecular complexity index is 1420. The Kier molecular flexibility index (Phi) is 10.1. The van der Waals surface area contributed by atoms with Crippen LogP contribution in [0.3, 0.4) is 0 Å². The van der Waals surface area contributed by atoms with Gasteiger partial charge in [0.1, 0.15) is 11.4 Å². The Balaban J connectivity index is 1.70. The largest absolute Gasteiger partial charge is 0.493 e. The number of ether oxygens (including phenoxy) is 4. The van der Waals surface area contributed by atoms with E-state index in [2.05, 4.69) is 15.0 Å². The molecule has 1 unspecified atom stereocenters. The van der Waals surface area contributed by atoms with Gasteiger partial charge in [-0.25, -0.2) is 9.78 Å². The molecule has 0 bridgehead atoms. The molecule has 0 radical (unpaired) electrons. The highest BCUT2D eigenvalue weighted by atomic mass is 19.3. The molecule has 1 aromatic heterocycles. The van der Waals surface area contributed by atoms with Gasteiger partial charge in [0.05, 0.1) is 25.3 Å². The van der Waals surface area contributed by atoms with Gasteiger partial charge in [-0.2, -0.15) is 8.78 Å². The zero-order valence-electron chi connectivity index (χ0n) is 24.7. The second-order valence-electron chi connectivity index (χ2n) is 11.4. The highest BCUT2D eigenvalue weighted by Gasteiger charge is 2.31. The minimum absolute atomic E-state index is 0.0848. The van der Waals surface area contributed by atoms with E-state index in [0.29, 0.717) is 48.1 Å². The van der Waals surface area contributed by atoms with Crippen LogP contribution in [0.5, 0.6) is 17.2 Å². The van der Waals surface area contributed by atoms with Gasteiger partial charge in [-0.05, 0) is 67.9 Å². The zero-order valence-corrected chi connectivity index (χ0v) is 24.7. The maximum absolute atomic E-state index is 13.1. The summed E-state index contributed by atoms with van der Waals surface area (Å²) < 4.78 is 53.8. The minimum atomic E-state index is -3.03. The van der Waals surface area contributed by atoms with Crippen molar-refractivity contribution >= 4 is 12.0 Å². The Morgan fingerprint density at radius 1 is 1.09 bits per heavy atom. The molecule has 0 saturated heterocycles. The van der Waals surface area contributed by atoms with Crippen molar-refractivity contribution in [2.24, 2.45) is 17.1 Å². The quantitative estimate of drug-likeness (QED) is 0.210. The van der Waals surface area contributed by atoms with Crippen molar-refractivity contribution in [2.45, 2.75) is 66.2 Å². The topological polar surface area (TPSA) is 135 Å². The Morgan fingerprint density at radius 3 is 2.49 bits per heavy atom. The molecule has 3 N–H and O–H groups in total. The first-order valence-electron chi connectivity index (χ1n) is 14.1. The molecule has 3 aromatic rings. The molecule has 0 aliphatic heterocycles. The van der Waals surface area contributed by atoms with Crippen LogP contribution in [-0.4, -0.2) is 36.8 Å². The maximum Gasteiger partial charge on any atom is 0.405 e. The van der Waals surface area contributed by atoms with Gasteiger partial charge in [0.25, 0.3) is 5.91 Å². The monoisotopic (exact) mass is 601 g/mol. The lowest BCUT2D eigenvalue weighted by Gasteiger charge is -2.24. The number of oxazole rings is 1. The lowest BCUT2D eigenvalue weighted by Crippen LogP contribution is -2.26. The van der Waals surface area contributed by atoms with Crippen molar-refractivity contribution in [3.8, 4) is 28.7 Å². The van der Waals surface area contributed by atoms with Crippen molar-refractivity contribution in [3.05, 3.63) is 59.5 Å². The number of carbonyl (C=O) groups excluding carboxylic acids is 2. The third-order valence-corrected chi connectivity index (χ3v) is 6.50. The van der Waals surface area contributed by atoms with Crippen molar-refractivity contribution < 1.29 is 41.7 Å². The van der Waals surface area contributed by atoms with Crippen molar-refractivity contribution in [1.29, 1.82) is 0 Å². The third kappa shape index (κ3) is 9.07. The number of primary amides is 1. The van der Waals surface area contributed by atoms with E-state index in [1.807, 2.05) is 27.7 Å². The lowest BCUT2D eigenvalue weighted by molar-refractivity contribution is -0.0515. The number of amides is 2. The van der Waals surface area contributed by atoms with Gasteiger partial charge >= 0.3 is 12.7 Å². The Morgan fingerprint density at radius 2 is 1.84 bits per heavy atom. The molecule has 1 atom stereocenters. The van der Waals surface area contributed by atoms with Crippen LogP contribution in [0.15, 0.2) is 46.9 Å². The molecular weight excluding hydrogens is 564 g/mol. The number of rotatable bonds is 14. The van der Waals surface area contributed by atoms with E-state index < -0.39 is 24.7 Å². The van der Waals surface area contributed by atoms with E-state index in [1.165, 1.54) is 18.2 Å². The molecule has 1 fully saturated rings. The fourth-order valence-electron chi connectivity index (χ4n) is 4.38. The highest BCUT2D eigenvalue weighted by Crippen LogP contribution is 2.39. The van der Waals surface area contributed by atoms with E-state index in [0.717, 1.165) is 12.8 Å². The summed E-state index contributed by atoms with van der Waals surface area (Å²) in [6.07, 6.45) is 0.417. The van der Waals surface area contributed by atoms with E-state index in [4.69, 9.17) is 24.4 Å². The predicted molar refractivity (Wildman–Crippen MR) is 153 cm³/mol. The average Bonchev–Trinajstić information content (AvgIpc) is 3.66. The number of aromatic nitrogens is 1. The normalized spacial score (nSPS) is 13.8. The summed E-state index contributed by atoms with van der Waals surface area (Å²) in [7, 11) is 0. The Hall–Kier alpha value is -4.35. The molecule has 4 rings (SSSR count). The lowest BCUT2D eigenvalue weighted by atomic mass is 9.88. The molecule has 232 valence electrons. The van der Waals surface area contributed by atoms with Gasteiger partial charge in [-0.3, -0.25) is 4.79 Å². The number of nitrogens with two attached hydrogens (primary N) is 1. The number of hydrogen-bond donors (Lipinski definition) is 2. The SMILES string of the molecule is CCOc1ccccc1C(=O)NCc1nc(-c2ccc(OC(F)F)c(OCC3CC3)c2)oc1C(CC(C)(C)C)OC(N)=O. The van der Waals surface area contributed by atoms with Gasteiger partial charge in [0, 0.05) is 5.56 Å². The summed E-state index contributed by atoms with van der Waals surface area (Å²) in [6.45, 7) is 5.32. The first kappa shape index (κ1) is 31.6. The standard InChI is InChI=1S/C31H37F2N3O7/c1-5-39-22-9-7-6-8-20(22)27(37)35-16-21-26(25(42-30(34)38)15-31(2,3)4)43-28(36-21)19-12-13-23(41-29(32)33)24(14-19)40-17-18-10-11-18/h6-9,12-14,18,25,29H,5,10-11,15-17H2,1-4H3,(H2,34,38)(H,35,37). The number of para-hydroxylation sites is 1. The van der Waals surface area contributed by atoms with Crippen molar-refractivity contribution in [1.82, 2.24) is 10.3 Å². The molecule has 1 aliphatic carbocycles. The van der Waals surface area contributed by atoms with Crippen LogP contribution in [0.4, 0.5) is 13.6 Å². The molecule has 1 heterocycles. The number of halogens is 2. The molecule has 10 nitrogen and oxygen atoms in total. The molecule has 2 amide bonds. The van der Waals surface area contributed by atoms with Gasteiger partial charge in [-0.1, -0.05) is 32.9 Å². The van der Waals surface area contributed by atoms with E-state index in [9.17, 15) is 18.4 Å². The smallest absolute Gasteiger partial charge is 0.405 e. The molecule has 2 aromatic carbocycles. The summed E-state index contributed by atoms with van der Waals surface area (Å²) in [5, 5.41) is 2.83. The van der Waals surface area contributed by atoms with Crippen LogP contribution in [0.25, 0.3) is 11.5 Å². The van der Waals surface area contributed by atoms with E-state index in [-0.39, 0.29) is 35.1 Å². The van der Waals surface area contributed by atoms with Crippen LogP contribution in [0.1, 0.15) is 74.9 Å². The first-order chi connectivity index (χ1) is 20.4. The molecule has 1 saturated carbocycles. The molecular formula is C31H37F2N3O7. The first-order valence-corrected chi connectivity index (χ1v) is 14.1. The predicted octanol–water partition coefficient (Wildman–Crippen LogP) is 6.63.